The van der Waals surface area contributed by atoms with Crippen LogP contribution in [0.4, 0.5) is 5.69 Å². The molecular formula is C25H24BrN3O4. The highest BCUT2D eigenvalue weighted by molar-refractivity contribution is 9.10. The average molecular weight is 510 g/mol. The SMILES string of the molecule is COc1ccc(C2NNC3C(=O)N(c4ccc(Br)cc4)C(c4ccc(O)c(OC)c4)C32)cc1. The van der Waals surface area contributed by atoms with E-state index in [1.807, 2.05) is 65.6 Å². The molecule has 8 heteroatoms. The van der Waals surface area contributed by atoms with Crippen molar-refractivity contribution in [2.45, 2.75) is 18.1 Å². The van der Waals surface area contributed by atoms with Gasteiger partial charge in [0.2, 0.25) is 5.91 Å². The third-order valence-corrected chi connectivity index (χ3v) is 6.96. The summed E-state index contributed by atoms with van der Waals surface area (Å²) in [5.74, 6) is 1.09. The normalized spacial score (nSPS) is 24.1. The molecule has 3 N–H and O–H groups in total. The minimum atomic E-state index is -0.412. The Hall–Kier alpha value is -3.07. The van der Waals surface area contributed by atoms with Crippen molar-refractivity contribution >= 4 is 27.5 Å². The lowest BCUT2D eigenvalue weighted by atomic mass is 9.83. The number of carbonyl (C=O) groups excluding carboxylic acids is 1. The molecule has 0 bridgehead atoms. The van der Waals surface area contributed by atoms with Gasteiger partial charge in [0.1, 0.15) is 11.8 Å². The van der Waals surface area contributed by atoms with E-state index in [0.29, 0.717) is 5.75 Å². The molecule has 2 saturated heterocycles. The summed E-state index contributed by atoms with van der Waals surface area (Å²) in [6.45, 7) is 0. The number of hydrazine groups is 1. The summed E-state index contributed by atoms with van der Waals surface area (Å²) >= 11 is 3.48. The summed E-state index contributed by atoms with van der Waals surface area (Å²) in [6, 6.07) is 20.1. The van der Waals surface area contributed by atoms with Crippen LogP contribution in [0.25, 0.3) is 0 Å². The number of fused-ring (bicyclic) bond motifs is 1. The van der Waals surface area contributed by atoms with Crippen LogP contribution in [0, 0.1) is 5.92 Å². The summed E-state index contributed by atoms with van der Waals surface area (Å²) in [6.07, 6.45) is 0. The van der Waals surface area contributed by atoms with Gasteiger partial charge in [0, 0.05) is 16.1 Å². The van der Waals surface area contributed by atoms with Crippen LogP contribution in [-0.2, 0) is 4.79 Å². The number of methoxy groups -OCH3 is 2. The molecule has 33 heavy (non-hydrogen) atoms. The van der Waals surface area contributed by atoms with Crippen LogP contribution in [0.1, 0.15) is 23.2 Å². The Balaban J connectivity index is 1.62. The van der Waals surface area contributed by atoms with Gasteiger partial charge >= 0.3 is 0 Å². The first-order valence-electron chi connectivity index (χ1n) is 10.6. The van der Waals surface area contributed by atoms with Gasteiger partial charge in [0.25, 0.3) is 0 Å². The number of carbonyl (C=O) groups is 1. The molecule has 4 atom stereocenters. The summed E-state index contributed by atoms with van der Waals surface area (Å²) in [5.41, 5.74) is 9.32. The second kappa shape index (κ2) is 8.70. The van der Waals surface area contributed by atoms with Crippen molar-refractivity contribution in [1.82, 2.24) is 10.9 Å². The van der Waals surface area contributed by atoms with E-state index >= 15 is 0 Å². The minimum Gasteiger partial charge on any atom is -0.504 e. The number of phenolic OH excluding ortho intramolecular Hbond substituents is 1. The molecule has 0 aromatic heterocycles. The molecule has 7 nitrogen and oxygen atoms in total. The third kappa shape index (κ3) is 3.74. The Morgan fingerprint density at radius 2 is 1.55 bits per heavy atom. The van der Waals surface area contributed by atoms with Gasteiger partial charge in [0.05, 0.1) is 26.3 Å². The number of ether oxygens (including phenoxy) is 2. The predicted molar refractivity (Wildman–Crippen MR) is 128 cm³/mol. The van der Waals surface area contributed by atoms with Gasteiger partial charge in [0.15, 0.2) is 11.5 Å². The first-order valence-corrected chi connectivity index (χ1v) is 11.4. The van der Waals surface area contributed by atoms with E-state index in [-0.39, 0.29) is 29.7 Å². The fourth-order valence-electron chi connectivity index (χ4n) is 4.87. The third-order valence-electron chi connectivity index (χ3n) is 6.44. The van der Waals surface area contributed by atoms with Crippen molar-refractivity contribution in [2.75, 3.05) is 19.1 Å². The highest BCUT2D eigenvalue weighted by atomic mass is 79.9. The number of halogens is 1. The van der Waals surface area contributed by atoms with Crippen LogP contribution in [0.15, 0.2) is 71.2 Å². The number of anilines is 1. The van der Waals surface area contributed by atoms with Crippen LogP contribution < -0.4 is 25.2 Å². The molecular weight excluding hydrogens is 486 g/mol. The quantitative estimate of drug-likeness (QED) is 0.480. The number of benzene rings is 3. The maximum atomic E-state index is 13.7. The van der Waals surface area contributed by atoms with Crippen LogP contribution in [0.5, 0.6) is 17.2 Å². The van der Waals surface area contributed by atoms with Gasteiger partial charge in [-0.3, -0.25) is 4.79 Å². The lowest BCUT2D eigenvalue weighted by Gasteiger charge is -2.31. The smallest absolute Gasteiger partial charge is 0.246 e. The van der Waals surface area contributed by atoms with Crippen LogP contribution in [-0.4, -0.2) is 31.3 Å². The Morgan fingerprint density at radius 3 is 2.21 bits per heavy atom. The van der Waals surface area contributed by atoms with Gasteiger partial charge in [-0.2, -0.15) is 0 Å². The van der Waals surface area contributed by atoms with Gasteiger partial charge in [-0.1, -0.05) is 34.1 Å². The van der Waals surface area contributed by atoms with E-state index in [4.69, 9.17) is 9.47 Å². The van der Waals surface area contributed by atoms with E-state index in [0.717, 1.165) is 27.0 Å². The standard InChI is InChI=1S/C25H24BrN3O4/c1-32-18-10-3-14(4-11-18)22-21-23(28-27-22)25(31)29(17-8-6-16(26)7-9-17)24(21)15-5-12-19(30)20(13-15)33-2/h3-13,21-24,27-28,30H,1-2H3. The highest BCUT2D eigenvalue weighted by Crippen LogP contribution is 2.50. The second-order valence-corrected chi connectivity index (χ2v) is 9.07. The topological polar surface area (TPSA) is 83.1 Å². The zero-order valence-electron chi connectivity index (χ0n) is 18.2. The number of hydrogen-bond donors (Lipinski definition) is 3. The molecule has 2 aliphatic rings. The molecule has 3 aromatic rings. The fraction of sp³-hybridized carbons (Fsp3) is 0.240. The first kappa shape index (κ1) is 21.8. The van der Waals surface area contributed by atoms with E-state index in [2.05, 4.69) is 26.8 Å². The summed E-state index contributed by atoms with van der Waals surface area (Å²) in [5, 5.41) is 10.2. The molecule has 0 saturated carbocycles. The molecule has 2 aliphatic heterocycles. The number of phenols is 1. The van der Waals surface area contributed by atoms with Crippen molar-refractivity contribution in [3.63, 3.8) is 0 Å². The Bertz CT molecular complexity index is 1170. The number of nitrogens with zero attached hydrogens (tertiary/aromatic N) is 1. The number of aromatic hydroxyl groups is 1. The Morgan fingerprint density at radius 1 is 0.879 bits per heavy atom. The molecule has 4 unspecified atom stereocenters. The van der Waals surface area contributed by atoms with Crippen LogP contribution >= 0.6 is 15.9 Å². The summed E-state index contributed by atoms with van der Waals surface area (Å²) in [7, 11) is 3.16. The van der Waals surface area contributed by atoms with Crippen molar-refractivity contribution in [3.8, 4) is 17.2 Å². The monoisotopic (exact) mass is 509 g/mol. The molecule has 0 aliphatic carbocycles. The number of rotatable bonds is 5. The summed E-state index contributed by atoms with van der Waals surface area (Å²) in [4.78, 5) is 15.5. The largest absolute Gasteiger partial charge is 0.504 e. The Labute approximate surface area is 200 Å². The van der Waals surface area contributed by atoms with Crippen molar-refractivity contribution in [1.29, 1.82) is 0 Å². The number of amides is 1. The van der Waals surface area contributed by atoms with Crippen molar-refractivity contribution < 1.29 is 19.4 Å². The minimum absolute atomic E-state index is 0.0112. The average Bonchev–Trinajstić information content (AvgIpc) is 3.39. The van der Waals surface area contributed by atoms with Crippen LogP contribution in [0.2, 0.25) is 0 Å². The molecule has 1 amide bonds. The molecule has 170 valence electrons. The van der Waals surface area contributed by atoms with E-state index in [1.165, 1.54) is 7.11 Å². The van der Waals surface area contributed by atoms with Gasteiger partial charge in [-0.15, -0.1) is 0 Å². The fourth-order valence-corrected chi connectivity index (χ4v) is 5.13. The van der Waals surface area contributed by atoms with E-state index in [1.54, 1.807) is 13.2 Å². The highest BCUT2D eigenvalue weighted by Gasteiger charge is 2.56. The lowest BCUT2D eigenvalue weighted by molar-refractivity contribution is -0.119. The number of hydrogen-bond acceptors (Lipinski definition) is 6. The maximum Gasteiger partial charge on any atom is 0.246 e. The predicted octanol–water partition coefficient (Wildman–Crippen LogP) is 4.09. The zero-order valence-corrected chi connectivity index (χ0v) is 19.7. The van der Waals surface area contributed by atoms with Gasteiger partial charge in [-0.05, 0) is 59.7 Å². The van der Waals surface area contributed by atoms with Gasteiger partial charge in [-0.25, -0.2) is 10.9 Å². The molecule has 2 heterocycles. The van der Waals surface area contributed by atoms with Gasteiger partial charge < -0.3 is 19.5 Å². The number of nitrogens with one attached hydrogen (secondary N) is 2. The molecule has 3 aromatic carbocycles. The molecule has 5 rings (SSSR count). The molecule has 0 radical (unpaired) electrons. The Kier molecular flexibility index (Phi) is 5.74. The first-order chi connectivity index (χ1) is 16.0. The molecule has 2 fully saturated rings. The summed E-state index contributed by atoms with van der Waals surface area (Å²) < 4.78 is 11.6. The van der Waals surface area contributed by atoms with E-state index < -0.39 is 6.04 Å². The molecule has 0 spiro atoms. The van der Waals surface area contributed by atoms with Crippen molar-refractivity contribution in [2.24, 2.45) is 5.92 Å². The van der Waals surface area contributed by atoms with E-state index in [9.17, 15) is 9.90 Å². The lowest BCUT2D eigenvalue weighted by Crippen LogP contribution is -2.41. The maximum absolute atomic E-state index is 13.7. The van der Waals surface area contributed by atoms with Crippen LogP contribution in [0.3, 0.4) is 0 Å². The zero-order chi connectivity index (χ0) is 23.1. The van der Waals surface area contributed by atoms with Crippen molar-refractivity contribution in [3.05, 3.63) is 82.3 Å². The second-order valence-electron chi connectivity index (χ2n) is 8.16.